The van der Waals surface area contributed by atoms with Gasteiger partial charge in [-0.2, -0.15) is 0 Å². The number of rotatable bonds is 5. The van der Waals surface area contributed by atoms with Crippen LogP contribution in [0, 0.1) is 5.82 Å². The van der Waals surface area contributed by atoms with Crippen LogP contribution < -0.4 is 4.90 Å². The Morgan fingerprint density at radius 3 is 2.14 bits per heavy atom. The van der Waals surface area contributed by atoms with Gasteiger partial charge in [0, 0.05) is 34.4 Å². The smallest absolute Gasteiger partial charge is 0.123 e. The lowest BCUT2D eigenvalue weighted by Gasteiger charge is -2.24. The zero-order chi connectivity index (χ0) is 15.4. The van der Waals surface area contributed by atoms with Crippen molar-refractivity contribution in [3.8, 4) is 0 Å². The van der Waals surface area contributed by atoms with E-state index in [9.17, 15) is 9.50 Å². The van der Waals surface area contributed by atoms with Crippen LogP contribution in [0.15, 0.2) is 36.4 Å². The third-order valence-electron chi connectivity index (χ3n) is 3.32. The minimum atomic E-state index is -0.250. The van der Waals surface area contributed by atoms with E-state index in [2.05, 4.69) is 4.90 Å². The molecule has 0 saturated heterocycles. The molecule has 21 heavy (non-hydrogen) atoms. The molecule has 0 atom stereocenters. The van der Waals surface area contributed by atoms with Gasteiger partial charge in [-0.3, -0.25) is 0 Å². The normalized spacial score (nSPS) is 10.7. The molecular formula is C16H16Cl2FNO. The quantitative estimate of drug-likeness (QED) is 0.863. The van der Waals surface area contributed by atoms with Gasteiger partial charge in [0.1, 0.15) is 5.82 Å². The van der Waals surface area contributed by atoms with Crippen molar-refractivity contribution in [2.75, 3.05) is 11.4 Å². The SMILES string of the molecule is CCN(Cc1ccc(F)cc1)c1cc(Cl)c(CO)c(Cl)c1. The number of aliphatic hydroxyl groups excluding tert-OH is 1. The second-order valence-corrected chi connectivity index (χ2v) is 5.50. The van der Waals surface area contributed by atoms with Crippen molar-refractivity contribution in [3.05, 3.63) is 63.4 Å². The fourth-order valence-electron chi connectivity index (χ4n) is 2.12. The summed E-state index contributed by atoms with van der Waals surface area (Å²) < 4.78 is 12.9. The second-order valence-electron chi connectivity index (χ2n) is 4.69. The molecule has 0 radical (unpaired) electrons. The first-order valence-electron chi connectivity index (χ1n) is 6.63. The van der Waals surface area contributed by atoms with Crippen LogP contribution in [0.25, 0.3) is 0 Å². The number of anilines is 1. The summed E-state index contributed by atoms with van der Waals surface area (Å²) in [6.07, 6.45) is 0. The van der Waals surface area contributed by atoms with Crippen LogP contribution in [-0.2, 0) is 13.2 Å². The second kappa shape index (κ2) is 7.12. The zero-order valence-corrected chi connectivity index (χ0v) is 13.1. The summed E-state index contributed by atoms with van der Waals surface area (Å²) in [6, 6.07) is 9.96. The van der Waals surface area contributed by atoms with E-state index in [4.69, 9.17) is 23.2 Å². The summed E-state index contributed by atoms with van der Waals surface area (Å²) >= 11 is 12.3. The van der Waals surface area contributed by atoms with Crippen molar-refractivity contribution in [1.29, 1.82) is 0 Å². The average Bonchev–Trinajstić information content (AvgIpc) is 2.46. The molecule has 0 aromatic heterocycles. The number of benzene rings is 2. The Bertz CT molecular complexity index is 593. The van der Waals surface area contributed by atoms with Crippen LogP contribution >= 0.6 is 23.2 Å². The number of hydrogen-bond acceptors (Lipinski definition) is 2. The van der Waals surface area contributed by atoms with Crippen molar-refractivity contribution >= 4 is 28.9 Å². The Kier molecular flexibility index (Phi) is 5.45. The first-order chi connectivity index (χ1) is 10.0. The van der Waals surface area contributed by atoms with Crippen molar-refractivity contribution in [3.63, 3.8) is 0 Å². The van der Waals surface area contributed by atoms with E-state index in [0.717, 1.165) is 17.8 Å². The van der Waals surface area contributed by atoms with E-state index < -0.39 is 0 Å². The van der Waals surface area contributed by atoms with Crippen LogP contribution in [0.3, 0.4) is 0 Å². The molecule has 0 bridgehead atoms. The Hall–Kier alpha value is -1.29. The maximum Gasteiger partial charge on any atom is 0.123 e. The molecule has 2 aromatic rings. The van der Waals surface area contributed by atoms with E-state index in [1.807, 2.05) is 6.92 Å². The monoisotopic (exact) mass is 327 g/mol. The van der Waals surface area contributed by atoms with Gasteiger partial charge in [-0.25, -0.2) is 4.39 Å². The molecule has 2 rings (SSSR count). The highest BCUT2D eigenvalue weighted by Crippen LogP contribution is 2.31. The summed E-state index contributed by atoms with van der Waals surface area (Å²) in [5.74, 6) is -0.250. The molecule has 0 aliphatic rings. The lowest BCUT2D eigenvalue weighted by Crippen LogP contribution is -2.22. The molecule has 0 heterocycles. The van der Waals surface area contributed by atoms with Gasteiger partial charge in [-0.15, -0.1) is 0 Å². The van der Waals surface area contributed by atoms with Crippen molar-refractivity contribution in [2.45, 2.75) is 20.1 Å². The van der Waals surface area contributed by atoms with Gasteiger partial charge in [0.05, 0.1) is 6.61 Å². The van der Waals surface area contributed by atoms with Gasteiger partial charge in [-0.05, 0) is 36.8 Å². The van der Waals surface area contributed by atoms with E-state index in [0.29, 0.717) is 22.2 Å². The molecule has 2 nitrogen and oxygen atoms in total. The average molecular weight is 328 g/mol. The standard InChI is InChI=1S/C16H16Cl2FNO/c1-2-20(9-11-3-5-12(19)6-4-11)13-7-15(17)14(10-21)16(18)8-13/h3-8,21H,2,9-10H2,1H3. The number of nitrogens with zero attached hydrogens (tertiary/aromatic N) is 1. The molecule has 0 aliphatic carbocycles. The van der Waals surface area contributed by atoms with E-state index in [-0.39, 0.29) is 12.4 Å². The first kappa shape index (κ1) is 16.1. The molecule has 2 aromatic carbocycles. The summed E-state index contributed by atoms with van der Waals surface area (Å²) in [5.41, 5.74) is 2.39. The molecule has 112 valence electrons. The lowest BCUT2D eigenvalue weighted by molar-refractivity contribution is 0.282. The Balaban J connectivity index is 2.27. The predicted molar refractivity (Wildman–Crippen MR) is 85.5 cm³/mol. The van der Waals surface area contributed by atoms with Gasteiger partial charge >= 0.3 is 0 Å². The molecule has 0 fully saturated rings. The van der Waals surface area contributed by atoms with Gasteiger partial charge in [0.25, 0.3) is 0 Å². The summed E-state index contributed by atoms with van der Waals surface area (Å²) in [4.78, 5) is 2.08. The topological polar surface area (TPSA) is 23.5 Å². The van der Waals surface area contributed by atoms with Crippen LogP contribution in [0.2, 0.25) is 10.0 Å². The zero-order valence-electron chi connectivity index (χ0n) is 11.6. The summed E-state index contributed by atoms with van der Waals surface area (Å²) in [7, 11) is 0. The molecule has 0 spiro atoms. The van der Waals surface area contributed by atoms with Crippen LogP contribution in [-0.4, -0.2) is 11.7 Å². The van der Waals surface area contributed by atoms with Crippen LogP contribution in [0.5, 0.6) is 0 Å². The van der Waals surface area contributed by atoms with Gasteiger partial charge in [-0.1, -0.05) is 35.3 Å². The van der Waals surface area contributed by atoms with Crippen LogP contribution in [0.4, 0.5) is 10.1 Å². The van der Waals surface area contributed by atoms with Gasteiger partial charge < -0.3 is 10.0 Å². The van der Waals surface area contributed by atoms with E-state index in [1.54, 1.807) is 24.3 Å². The predicted octanol–water partition coefficient (Wildman–Crippen LogP) is 4.65. The maximum absolute atomic E-state index is 12.9. The highest BCUT2D eigenvalue weighted by atomic mass is 35.5. The van der Waals surface area contributed by atoms with Crippen molar-refractivity contribution in [1.82, 2.24) is 0 Å². The number of hydrogen-bond donors (Lipinski definition) is 1. The van der Waals surface area contributed by atoms with E-state index in [1.165, 1.54) is 12.1 Å². The highest BCUT2D eigenvalue weighted by molar-refractivity contribution is 6.36. The number of aliphatic hydroxyl groups is 1. The fraction of sp³-hybridized carbons (Fsp3) is 0.250. The molecule has 5 heteroatoms. The molecule has 0 saturated carbocycles. The third kappa shape index (κ3) is 3.88. The maximum atomic E-state index is 12.9. The minimum Gasteiger partial charge on any atom is -0.392 e. The summed E-state index contributed by atoms with van der Waals surface area (Å²) in [5, 5.41) is 10.1. The number of halogens is 3. The fourth-order valence-corrected chi connectivity index (χ4v) is 2.71. The Labute approximate surface area is 133 Å². The highest BCUT2D eigenvalue weighted by Gasteiger charge is 2.12. The molecule has 0 amide bonds. The van der Waals surface area contributed by atoms with Crippen LogP contribution in [0.1, 0.15) is 18.1 Å². The van der Waals surface area contributed by atoms with E-state index >= 15 is 0 Å². The van der Waals surface area contributed by atoms with Crippen molar-refractivity contribution < 1.29 is 9.50 Å². The molecule has 1 N–H and O–H groups in total. The van der Waals surface area contributed by atoms with Crippen molar-refractivity contribution in [2.24, 2.45) is 0 Å². The Morgan fingerprint density at radius 1 is 1.10 bits per heavy atom. The molecular weight excluding hydrogens is 312 g/mol. The minimum absolute atomic E-state index is 0.192. The van der Waals surface area contributed by atoms with Gasteiger partial charge in [0.15, 0.2) is 0 Å². The third-order valence-corrected chi connectivity index (χ3v) is 3.99. The largest absolute Gasteiger partial charge is 0.392 e. The first-order valence-corrected chi connectivity index (χ1v) is 7.39. The summed E-state index contributed by atoms with van der Waals surface area (Å²) in [6.45, 7) is 3.21. The molecule has 0 unspecified atom stereocenters. The Morgan fingerprint density at radius 2 is 1.67 bits per heavy atom. The lowest BCUT2D eigenvalue weighted by atomic mass is 10.1. The molecule has 0 aliphatic heterocycles. The van der Waals surface area contributed by atoms with Gasteiger partial charge in [0.2, 0.25) is 0 Å².